The lowest BCUT2D eigenvalue weighted by Crippen LogP contribution is -2.25. The number of nitrogens with two attached hydrogens (primary N) is 1. The van der Waals surface area contributed by atoms with Gasteiger partial charge in [0.05, 0.1) is 5.56 Å². The quantitative estimate of drug-likeness (QED) is 0.795. The minimum absolute atomic E-state index is 0.372. The summed E-state index contributed by atoms with van der Waals surface area (Å²) in [6, 6.07) is 3.85. The van der Waals surface area contributed by atoms with Crippen LogP contribution in [0.15, 0.2) is 18.3 Å². The van der Waals surface area contributed by atoms with Gasteiger partial charge in [-0.3, -0.25) is 4.79 Å². The summed E-state index contributed by atoms with van der Waals surface area (Å²) in [5.74, 6) is 0.971. The van der Waals surface area contributed by atoms with Gasteiger partial charge in [-0.15, -0.1) is 0 Å². The highest BCUT2D eigenvalue weighted by Gasteiger charge is 2.13. The molecular formula is C13H21N3O. The lowest BCUT2D eigenvalue weighted by Gasteiger charge is -2.22. The van der Waals surface area contributed by atoms with Gasteiger partial charge in [0.2, 0.25) is 5.91 Å². The Morgan fingerprint density at radius 2 is 2.06 bits per heavy atom. The first-order valence-corrected chi connectivity index (χ1v) is 6.10. The van der Waals surface area contributed by atoms with Gasteiger partial charge in [0.25, 0.3) is 0 Å². The number of anilines is 1. The normalized spacial score (nSPS) is 12.5. The fourth-order valence-electron chi connectivity index (χ4n) is 1.97. The molecule has 0 fully saturated rings. The molecule has 1 atom stereocenters. The fraction of sp³-hybridized carbons (Fsp3) is 0.538. The largest absolute Gasteiger partial charge is 0.367 e. The lowest BCUT2D eigenvalue weighted by molar-refractivity contribution is 0.1000. The van der Waals surface area contributed by atoms with Gasteiger partial charge in [-0.2, -0.15) is 0 Å². The van der Waals surface area contributed by atoms with Crippen molar-refractivity contribution >= 4 is 11.7 Å². The van der Waals surface area contributed by atoms with Crippen molar-refractivity contribution in [3.05, 3.63) is 23.9 Å². The second-order valence-corrected chi connectivity index (χ2v) is 4.31. The number of carbonyl (C=O) groups is 1. The topological polar surface area (TPSA) is 68.0 Å². The van der Waals surface area contributed by atoms with Gasteiger partial charge in [-0.05, 0) is 25.0 Å². The van der Waals surface area contributed by atoms with Crippen LogP contribution in [0.2, 0.25) is 0 Å². The number of amides is 1. The molecule has 0 aliphatic carbocycles. The Morgan fingerprint density at radius 1 is 1.41 bits per heavy atom. The van der Waals surface area contributed by atoms with Gasteiger partial charge in [0.1, 0.15) is 5.82 Å². The highest BCUT2D eigenvalue weighted by atomic mass is 16.1. The van der Waals surface area contributed by atoms with E-state index in [0.29, 0.717) is 17.5 Å². The van der Waals surface area contributed by atoms with E-state index in [1.54, 1.807) is 12.1 Å². The van der Waals surface area contributed by atoms with Crippen LogP contribution in [0.1, 0.15) is 44.0 Å². The summed E-state index contributed by atoms with van der Waals surface area (Å²) in [6.45, 7) is 6.53. The van der Waals surface area contributed by atoms with Crippen molar-refractivity contribution in [2.24, 2.45) is 11.7 Å². The number of hydrogen-bond acceptors (Lipinski definition) is 3. The van der Waals surface area contributed by atoms with E-state index in [1.165, 1.54) is 6.20 Å². The predicted octanol–water partition coefficient (Wildman–Crippen LogP) is 2.42. The summed E-state index contributed by atoms with van der Waals surface area (Å²) in [7, 11) is 0. The molecule has 3 N–H and O–H groups in total. The van der Waals surface area contributed by atoms with Crippen molar-refractivity contribution in [1.29, 1.82) is 0 Å². The van der Waals surface area contributed by atoms with E-state index in [2.05, 4.69) is 31.1 Å². The molecule has 0 aliphatic rings. The van der Waals surface area contributed by atoms with Crippen LogP contribution in [0.5, 0.6) is 0 Å². The van der Waals surface area contributed by atoms with Crippen molar-refractivity contribution in [2.75, 3.05) is 5.32 Å². The molecule has 0 aromatic carbocycles. The number of nitrogens with one attached hydrogen (secondary N) is 1. The van der Waals surface area contributed by atoms with Gasteiger partial charge in [-0.1, -0.05) is 26.7 Å². The van der Waals surface area contributed by atoms with Crippen LogP contribution in [-0.4, -0.2) is 16.9 Å². The first kappa shape index (κ1) is 13.5. The Morgan fingerprint density at radius 3 is 2.47 bits per heavy atom. The first-order chi connectivity index (χ1) is 8.08. The van der Waals surface area contributed by atoms with Crippen LogP contribution in [0, 0.1) is 5.92 Å². The number of primary amides is 1. The van der Waals surface area contributed by atoms with Crippen molar-refractivity contribution in [3.63, 3.8) is 0 Å². The Hall–Kier alpha value is -1.58. The Labute approximate surface area is 103 Å². The van der Waals surface area contributed by atoms with E-state index in [1.807, 2.05) is 0 Å². The molecule has 0 saturated heterocycles. The third-order valence-electron chi connectivity index (χ3n) is 3.18. The summed E-state index contributed by atoms with van der Waals surface area (Å²) in [6.07, 6.45) is 3.79. The second-order valence-electron chi connectivity index (χ2n) is 4.31. The Bertz CT molecular complexity index is 357. The number of hydrogen-bond donors (Lipinski definition) is 2. The van der Waals surface area contributed by atoms with E-state index in [9.17, 15) is 4.79 Å². The molecule has 0 saturated carbocycles. The number of aromatic nitrogens is 1. The van der Waals surface area contributed by atoms with Crippen LogP contribution in [0.25, 0.3) is 0 Å². The highest BCUT2D eigenvalue weighted by Crippen LogP contribution is 2.16. The number of nitrogens with zero attached hydrogens (tertiary/aromatic N) is 1. The smallest absolute Gasteiger partial charge is 0.250 e. The molecule has 4 nitrogen and oxygen atoms in total. The minimum atomic E-state index is -0.447. The lowest BCUT2D eigenvalue weighted by atomic mass is 9.95. The zero-order valence-corrected chi connectivity index (χ0v) is 10.7. The van der Waals surface area contributed by atoms with Gasteiger partial charge < -0.3 is 11.1 Å². The summed E-state index contributed by atoms with van der Waals surface area (Å²) >= 11 is 0. The summed E-state index contributed by atoms with van der Waals surface area (Å²) < 4.78 is 0. The molecule has 1 rings (SSSR count). The molecule has 1 aromatic rings. The Kier molecular flexibility index (Phi) is 4.94. The minimum Gasteiger partial charge on any atom is -0.367 e. The van der Waals surface area contributed by atoms with Crippen LogP contribution < -0.4 is 11.1 Å². The fourth-order valence-corrected chi connectivity index (χ4v) is 1.97. The molecule has 94 valence electrons. The molecule has 4 heteroatoms. The molecule has 1 amide bonds. The number of rotatable bonds is 6. The van der Waals surface area contributed by atoms with Gasteiger partial charge in [-0.25, -0.2) is 4.98 Å². The van der Waals surface area contributed by atoms with Crippen molar-refractivity contribution in [3.8, 4) is 0 Å². The molecule has 1 unspecified atom stereocenters. The van der Waals surface area contributed by atoms with Gasteiger partial charge in [0, 0.05) is 12.2 Å². The standard InChI is InChI=1S/C13H21N3O/c1-4-10(5-2)9(3)16-12-7-6-11(8-15-12)13(14)17/h6-10H,4-5H2,1-3H3,(H2,14,17)(H,15,16). The molecule has 1 aromatic heterocycles. The van der Waals surface area contributed by atoms with Crippen LogP contribution >= 0.6 is 0 Å². The Balaban J connectivity index is 2.65. The zero-order valence-electron chi connectivity index (χ0n) is 10.7. The molecule has 0 radical (unpaired) electrons. The summed E-state index contributed by atoms with van der Waals surface area (Å²) in [5, 5.41) is 3.35. The predicted molar refractivity (Wildman–Crippen MR) is 69.9 cm³/mol. The molecular weight excluding hydrogens is 214 g/mol. The summed E-state index contributed by atoms with van der Waals surface area (Å²) in [4.78, 5) is 15.1. The van der Waals surface area contributed by atoms with E-state index in [-0.39, 0.29) is 0 Å². The summed E-state index contributed by atoms with van der Waals surface area (Å²) in [5.41, 5.74) is 5.59. The monoisotopic (exact) mass is 235 g/mol. The first-order valence-electron chi connectivity index (χ1n) is 6.10. The number of pyridine rings is 1. The van der Waals surface area contributed by atoms with Crippen LogP contribution in [0.4, 0.5) is 5.82 Å². The molecule has 1 heterocycles. The van der Waals surface area contributed by atoms with E-state index in [4.69, 9.17) is 5.73 Å². The molecule has 0 spiro atoms. The van der Waals surface area contributed by atoms with Crippen molar-refractivity contribution in [2.45, 2.75) is 39.7 Å². The SMILES string of the molecule is CCC(CC)C(C)Nc1ccc(C(N)=O)cn1. The maximum absolute atomic E-state index is 10.9. The third kappa shape index (κ3) is 3.73. The van der Waals surface area contributed by atoms with Crippen LogP contribution in [-0.2, 0) is 0 Å². The van der Waals surface area contributed by atoms with E-state index >= 15 is 0 Å². The average Bonchev–Trinajstić information content (AvgIpc) is 2.31. The van der Waals surface area contributed by atoms with Crippen LogP contribution in [0.3, 0.4) is 0 Å². The molecule has 0 aliphatic heterocycles. The van der Waals surface area contributed by atoms with E-state index in [0.717, 1.165) is 18.7 Å². The second kappa shape index (κ2) is 6.23. The maximum Gasteiger partial charge on any atom is 0.250 e. The van der Waals surface area contributed by atoms with E-state index < -0.39 is 5.91 Å². The average molecular weight is 235 g/mol. The zero-order chi connectivity index (χ0) is 12.8. The van der Waals surface area contributed by atoms with Crippen molar-refractivity contribution < 1.29 is 4.79 Å². The highest BCUT2D eigenvalue weighted by molar-refractivity contribution is 5.92. The van der Waals surface area contributed by atoms with Crippen molar-refractivity contribution in [1.82, 2.24) is 4.98 Å². The van der Waals surface area contributed by atoms with Gasteiger partial charge >= 0.3 is 0 Å². The molecule has 17 heavy (non-hydrogen) atoms. The third-order valence-corrected chi connectivity index (χ3v) is 3.18. The van der Waals surface area contributed by atoms with Gasteiger partial charge in [0.15, 0.2) is 0 Å². The maximum atomic E-state index is 10.9. The molecule has 0 bridgehead atoms. The number of carbonyl (C=O) groups excluding carboxylic acids is 1.